The van der Waals surface area contributed by atoms with Crippen LogP contribution in [0, 0.1) is 0 Å². The van der Waals surface area contributed by atoms with Gasteiger partial charge >= 0.3 is 0 Å². The van der Waals surface area contributed by atoms with Crippen molar-refractivity contribution in [2.24, 2.45) is 0 Å². The summed E-state index contributed by atoms with van der Waals surface area (Å²) in [6.07, 6.45) is 20.4. The quantitative estimate of drug-likeness (QED) is 0.146. The molecule has 5 nitrogen and oxygen atoms in total. The van der Waals surface area contributed by atoms with Crippen molar-refractivity contribution >= 4 is 54.8 Å². The lowest BCUT2D eigenvalue weighted by molar-refractivity contribution is 1.03. The van der Waals surface area contributed by atoms with E-state index in [1.807, 2.05) is 48.8 Å². The second kappa shape index (κ2) is 14.4. The van der Waals surface area contributed by atoms with Crippen LogP contribution in [0.5, 0.6) is 0 Å². The van der Waals surface area contributed by atoms with Crippen LogP contribution in [0.15, 0.2) is 189 Å². The summed E-state index contributed by atoms with van der Waals surface area (Å²) < 4.78 is 4.90. The van der Waals surface area contributed by atoms with Gasteiger partial charge in [0.25, 0.3) is 0 Å². The number of para-hydroxylation sites is 1. The lowest BCUT2D eigenvalue weighted by Crippen LogP contribution is -2.03. The number of nitrogens with zero attached hydrogens (tertiary/aromatic N) is 5. The maximum Gasteiger partial charge on any atom is 0.0788 e. The molecular weight excluding hydrogens is 695 g/mol. The number of allylic oxidation sites excluding steroid dienone is 9. The Morgan fingerprint density at radius 1 is 0.596 bits per heavy atom. The van der Waals surface area contributed by atoms with Crippen molar-refractivity contribution in [3.8, 4) is 33.9 Å². The maximum atomic E-state index is 5.28. The van der Waals surface area contributed by atoms with E-state index in [2.05, 4.69) is 150 Å². The van der Waals surface area contributed by atoms with E-state index in [0.29, 0.717) is 0 Å². The standard InChI is InChI=1S/C52H39N5/c1-3-4-7-16-35(2)47-33-40(34-48(55-47)36-17-8-5-9-18-36)57-50-28-24-38(46-22-13-15-30-54-46)32-44(50)42-26-25-41-43-31-37(45-21-12-14-29-53-45)23-27-49(43)56(51(41)52(42)57)39-19-10-6-11-20-39/h3-4,6-8,10-34H,1,5,9H2,2H3/b7-4-,35-16+. The Kier molecular flexibility index (Phi) is 8.61. The number of hydrogen-bond acceptors (Lipinski definition) is 3. The van der Waals surface area contributed by atoms with Crippen LogP contribution in [0.25, 0.3) is 88.6 Å². The highest BCUT2D eigenvalue weighted by atomic mass is 15.0. The average Bonchev–Trinajstić information content (AvgIpc) is 3.80. The number of hydrogen-bond donors (Lipinski definition) is 0. The predicted octanol–water partition coefficient (Wildman–Crippen LogP) is 13.3. The van der Waals surface area contributed by atoms with Crippen LogP contribution in [0.3, 0.4) is 0 Å². The topological polar surface area (TPSA) is 48.5 Å². The zero-order valence-corrected chi connectivity index (χ0v) is 31.7. The van der Waals surface area contributed by atoms with Gasteiger partial charge in [-0.2, -0.15) is 0 Å². The molecule has 4 aromatic carbocycles. The minimum absolute atomic E-state index is 0.923. The molecule has 1 aliphatic rings. The molecule has 0 spiro atoms. The molecule has 5 heteroatoms. The molecule has 0 atom stereocenters. The third kappa shape index (κ3) is 6.01. The van der Waals surface area contributed by atoms with Gasteiger partial charge in [0, 0.05) is 50.8 Å². The molecule has 0 amide bonds. The Hall–Kier alpha value is -7.37. The molecule has 57 heavy (non-hydrogen) atoms. The first-order chi connectivity index (χ1) is 28.2. The summed E-state index contributed by atoms with van der Waals surface area (Å²) in [5.41, 5.74) is 14.8. The normalized spacial score (nSPS) is 13.4. The highest BCUT2D eigenvalue weighted by Crippen LogP contribution is 2.43. The molecule has 0 N–H and O–H groups in total. The molecule has 0 unspecified atom stereocenters. The molecule has 0 fully saturated rings. The van der Waals surface area contributed by atoms with Gasteiger partial charge in [0.2, 0.25) is 0 Å². The zero-order valence-electron chi connectivity index (χ0n) is 31.7. The minimum atomic E-state index is 0.923. The molecule has 0 bridgehead atoms. The van der Waals surface area contributed by atoms with Crippen molar-refractivity contribution in [3.05, 3.63) is 200 Å². The first kappa shape index (κ1) is 34.1. The van der Waals surface area contributed by atoms with E-state index in [4.69, 9.17) is 15.0 Å². The Balaban J connectivity index is 1.36. The maximum absolute atomic E-state index is 5.28. The fourth-order valence-corrected chi connectivity index (χ4v) is 8.26. The molecule has 10 rings (SSSR count). The van der Waals surface area contributed by atoms with Crippen LogP contribution in [0.4, 0.5) is 0 Å². The van der Waals surface area contributed by atoms with Gasteiger partial charge in [0.15, 0.2) is 0 Å². The van der Waals surface area contributed by atoms with Crippen molar-refractivity contribution in [3.63, 3.8) is 0 Å². The number of fused-ring (bicyclic) bond motifs is 7. The van der Waals surface area contributed by atoms with Crippen molar-refractivity contribution in [1.29, 1.82) is 0 Å². The summed E-state index contributed by atoms with van der Waals surface area (Å²) in [6.45, 7) is 6.00. The second-order valence-electron chi connectivity index (χ2n) is 14.5. The van der Waals surface area contributed by atoms with Crippen molar-refractivity contribution in [2.45, 2.75) is 19.8 Å². The van der Waals surface area contributed by atoms with E-state index in [-0.39, 0.29) is 0 Å². The third-order valence-corrected chi connectivity index (χ3v) is 10.9. The van der Waals surface area contributed by atoms with E-state index in [1.54, 1.807) is 6.08 Å². The van der Waals surface area contributed by atoms with Crippen molar-refractivity contribution in [2.75, 3.05) is 0 Å². The van der Waals surface area contributed by atoms with E-state index < -0.39 is 0 Å². The van der Waals surface area contributed by atoms with Crippen LogP contribution in [0.1, 0.15) is 31.2 Å². The van der Waals surface area contributed by atoms with Gasteiger partial charge in [-0.25, -0.2) is 4.98 Å². The molecule has 0 saturated heterocycles. The first-order valence-electron chi connectivity index (χ1n) is 19.5. The third-order valence-electron chi connectivity index (χ3n) is 10.9. The van der Waals surface area contributed by atoms with Gasteiger partial charge in [-0.15, -0.1) is 0 Å². The highest BCUT2D eigenvalue weighted by Gasteiger charge is 2.23. The number of aromatic nitrogens is 5. The van der Waals surface area contributed by atoms with Gasteiger partial charge in [-0.1, -0.05) is 104 Å². The minimum Gasteiger partial charge on any atom is -0.307 e. The van der Waals surface area contributed by atoms with Crippen LogP contribution >= 0.6 is 0 Å². The SMILES string of the molecule is C=C/C=C\C=C(/C)c1cc(-n2c3ccc(-c4ccccn4)cc3c3ccc4c5cc(-c6ccccn6)ccc5n(-c5ccccc5)c4c32)cc(C2=CCCC=C2)n1. The Morgan fingerprint density at radius 2 is 1.23 bits per heavy atom. The van der Waals surface area contributed by atoms with Crippen molar-refractivity contribution in [1.82, 2.24) is 24.1 Å². The lowest BCUT2D eigenvalue weighted by Gasteiger charge is -2.16. The molecule has 5 aromatic heterocycles. The van der Waals surface area contributed by atoms with Crippen LogP contribution in [-0.2, 0) is 0 Å². The van der Waals surface area contributed by atoms with Gasteiger partial charge in [-0.05, 0) is 104 Å². The lowest BCUT2D eigenvalue weighted by atomic mass is 10.0. The fourth-order valence-electron chi connectivity index (χ4n) is 8.26. The molecule has 272 valence electrons. The number of pyridine rings is 3. The fraction of sp³-hybridized carbons (Fsp3) is 0.0577. The molecule has 0 radical (unpaired) electrons. The Morgan fingerprint density at radius 3 is 1.81 bits per heavy atom. The highest BCUT2D eigenvalue weighted by molar-refractivity contribution is 6.24. The predicted molar refractivity (Wildman–Crippen MR) is 239 cm³/mol. The summed E-state index contributed by atoms with van der Waals surface area (Å²) in [7, 11) is 0. The summed E-state index contributed by atoms with van der Waals surface area (Å²) in [4.78, 5) is 14.7. The first-order valence-corrected chi connectivity index (χ1v) is 19.5. The van der Waals surface area contributed by atoms with E-state index in [1.165, 1.54) is 10.8 Å². The Bertz CT molecular complexity index is 3120. The largest absolute Gasteiger partial charge is 0.307 e. The van der Waals surface area contributed by atoms with Gasteiger partial charge < -0.3 is 9.13 Å². The zero-order chi connectivity index (χ0) is 38.3. The van der Waals surface area contributed by atoms with Crippen LogP contribution in [0.2, 0.25) is 0 Å². The monoisotopic (exact) mass is 733 g/mol. The van der Waals surface area contributed by atoms with Gasteiger partial charge in [0.1, 0.15) is 0 Å². The molecule has 0 saturated carbocycles. The van der Waals surface area contributed by atoms with E-state index in [0.717, 1.165) is 102 Å². The summed E-state index contributed by atoms with van der Waals surface area (Å²) >= 11 is 0. The summed E-state index contributed by atoms with van der Waals surface area (Å²) in [5.74, 6) is 0. The number of rotatable bonds is 8. The molecule has 5 heterocycles. The smallest absolute Gasteiger partial charge is 0.0788 e. The van der Waals surface area contributed by atoms with E-state index >= 15 is 0 Å². The van der Waals surface area contributed by atoms with Crippen molar-refractivity contribution < 1.29 is 0 Å². The molecular formula is C52H39N5. The summed E-state index contributed by atoms with van der Waals surface area (Å²) in [5, 5.41) is 4.67. The average molecular weight is 734 g/mol. The van der Waals surface area contributed by atoms with Crippen LogP contribution < -0.4 is 0 Å². The molecule has 0 aliphatic heterocycles. The van der Waals surface area contributed by atoms with E-state index in [9.17, 15) is 0 Å². The van der Waals surface area contributed by atoms with Gasteiger partial charge in [-0.3, -0.25) is 9.97 Å². The summed E-state index contributed by atoms with van der Waals surface area (Å²) in [6, 6.07) is 45.5. The second-order valence-corrected chi connectivity index (χ2v) is 14.5. The Labute approximate surface area is 331 Å². The number of benzene rings is 4. The molecule has 1 aliphatic carbocycles. The molecule has 9 aromatic rings. The van der Waals surface area contributed by atoms with Gasteiger partial charge in [0.05, 0.1) is 50.5 Å². The van der Waals surface area contributed by atoms with Crippen LogP contribution in [-0.4, -0.2) is 24.1 Å².